The second kappa shape index (κ2) is 15.2. The van der Waals surface area contributed by atoms with Crippen LogP contribution in [-0.4, -0.2) is 24.1 Å². The van der Waals surface area contributed by atoms with E-state index < -0.39 is 29.5 Å². The summed E-state index contributed by atoms with van der Waals surface area (Å²) in [6.07, 6.45) is -1.16. The van der Waals surface area contributed by atoms with Gasteiger partial charge in [0, 0.05) is 12.5 Å². The van der Waals surface area contributed by atoms with Crippen molar-refractivity contribution in [3.05, 3.63) is 136 Å². The zero-order valence-corrected chi connectivity index (χ0v) is 25.0. The largest absolute Gasteiger partial charge is 0.461 e. The van der Waals surface area contributed by atoms with Gasteiger partial charge < -0.3 is 28.7 Å². The number of benzene rings is 4. The Labute approximate surface area is 264 Å². The molecule has 1 atom stereocenters. The molecule has 0 saturated carbocycles. The van der Waals surface area contributed by atoms with Gasteiger partial charge in [-0.25, -0.2) is 9.59 Å². The van der Waals surface area contributed by atoms with Gasteiger partial charge in [-0.15, -0.1) is 0 Å². The summed E-state index contributed by atoms with van der Waals surface area (Å²) in [7, 11) is 0. The van der Waals surface area contributed by atoms with E-state index in [0.29, 0.717) is 5.75 Å². The van der Waals surface area contributed by atoms with E-state index in [4.69, 9.17) is 23.4 Å². The zero-order valence-electron chi connectivity index (χ0n) is 25.0. The van der Waals surface area contributed by atoms with E-state index in [9.17, 15) is 19.2 Å². The van der Waals surface area contributed by atoms with E-state index in [2.05, 4.69) is 5.32 Å². The first-order chi connectivity index (χ1) is 22.4. The number of hydrogen-bond donors (Lipinski definition) is 1. The molecule has 0 spiro atoms. The summed E-state index contributed by atoms with van der Waals surface area (Å²) in [5, 5.41) is 2.71. The molecule has 10 nitrogen and oxygen atoms in total. The van der Waals surface area contributed by atoms with Gasteiger partial charge in [0.25, 0.3) is 0 Å². The van der Waals surface area contributed by atoms with Crippen molar-refractivity contribution in [3.63, 3.8) is 0 Å². The number of carbonyl (C=O) groups is 3. The van der Waals surface area contributed by atoms with Crippen molar-refractivity contribution in [2.45, 2.75) is 39.0 Å². The Bertz CT molecular complexity index is 1860. The number of carbonyl (C=O) groups excluding carboxylic acids is 3. The van der Waals surface area contributed by atoms with Crippen LogP contribution in [0.1, 0.15) is 29.7 Å². The first kappa shape index (κ1) is 31.5. The van der Waals surface area contributed by atoms with Crippen molar-refractivity contribution < 1.29 is 37.7 Å². The Balaban J connectivity index is 1.27. The first-order valence-corrected chi connectivity index (χ1v) is 14.5. The summed E-state index contributed by atoms with van der Waals surface area (Å²) in [6.45, 7) is 1.64. The lowest BCUT2D eigenvalue weighted by atomic mass is 10.1. The molecular weight excluding hydrogens is 590 g/mol. The van der Waals surface area contributed by atoms with Crippen LogP contribution in [0, 0.1) is 6.92 Å². The second-order valence-electron chi connectivity index (χ2n) is 10.3. The molecule has 0 radical (unpaired) electrons. The van der Waals surface area contributed by atoms with Crippen LogP contribution in [0.25, 0.3) is 11.0 Å². The number of amides is 1. The predicted octanol–water partition coefficient (Wildman–Crippen LogP) is 6.62. The van der Waals surface area contributed by atoms with Gasteiger partial charge in [0.1, 0.15) is 42.1 Å². The fraction of sp³-hybridized carbons (Fsp3) is 0.167. The fourth-order valence-electron chi connectivity index (χ4n) is 4.47. The van der Waals surface area contributed by atoms with E-state index in [1.165, 1.54) is 18.2 Å². The molecule has 0 aliphatic rings. The molecule has 234 valence electrons. The highest BCUT2D eigenvalue weighted by Gasteiger charge is 2.26. The van der Waals surface area contributed by atoms with Crippen LogP contribution >= 0.6 is 0 Å². The van der Waals surface area contributed by atoms with Crippen LogP contribution in [0.3, 0.4) is 0 Å². The number of para-hydroxylation sites is 1. The topological polar surface area (TPSA) is 130 Å². The van der Waals surface area contributed by atoms with E-state index in [1.807, 2.05) is 54.6 Å². The summed E-state index contributed by atoms with van der Waals surface area (Å²) in [5.41, 5.74) is 1.34. The molecule has 0 fully saturated rings. The maximum atomic E-state index is 13.3. The van der Waals surface area contributed by atoms with Crippen LogP contribution in [0.5, 0.6) is 17.2 Å². The number of esters is 2. The Kier molecular flexibility index (Phi) is 10.4. The molecule has 4 aromatic carbocycles. The SMILES string of the molecule is Cc1oc2cc(OC(=O)C(CCC(=O)OCc3ccccc3)NC(=O)OCc3ccccc3)ccc2c(=O)c1Oc1ccccc1. The molecule has 46 heavy (non-hydrogen) atoms. The molecule has 1 unspecified atom stereocenters. The number of nitrogens with one attached hydrogen (secondary N) is 1. The van der Waals surface area contributed by atoms with Crippen LogP contribution in [0.2, 0.25) is 0 Å². The highest BCUT2D eigenvalue weighted by atomic mass is 16.6. The number of fused-ring (bicyclic) bond motifs is 1. The van der Waals surface area contributed by atoms with Gasteiger partial charge in [0.2, 0.25) is 11.2 Å². The average molecular weight is 622 g/mol. The molecule has 1 N–H and O–H groups in total. The van der Waals surface area contributed by atoms with E-state index >= 15 is 0 Å². The third kappa shape index (κ3) is 8.60. The number of alkyl carbamates (subject to hydrolysis) is 1. The average Bonchev–Trinajstić information content (AvgIpc) is 3.08. The van der Waals surface area contributed by atoms with Crippen LogP contribution in [0.15, 0.2) is 118 Å². The maximum absolute atomic E-state index is 13.3. The van der Waals surface area contributed by atoms with Crippen molar-refractivity contribution in [1.82, 2.24) is 5.32 Å². The third-order valence-corrected chi connectivity index (χ3v) is 6.84. The smallest absolute Gasteiger partial charge is 0.408 e. The van der Waals surface area contributed by atoms with Gasteiger partial charge in [0.05, 0.1) is 5.39 Å². The van der Waals surface area contributed by atoms with Gasteiger partial charge >= 0.3 is 18.0 Å². The number of ether oxygens (including phenoxy) is 4. The molecule has 1 amide bonds. The molecule has 0 saturated heterocycles. The van der Waals surface area contributed by atoms with Crippen LogP contribution < -0.4 is 20.2 Å². The zero-order chi connectivity index (χ0) is 32.3. The first-order valence-electron chi connectivity index (χ1n) is 14.5. The maximum Gasteiger partial charge on any atom is 0.408 e. The summed E-state index contributed by atoms with van der Waals surface area (Å²) in [4.78, 5) is 51.6. The predicted molar refractivity (Wildman–Crippen MR) is 168 cm³/mol. The molecule has 1 heterocycles. The molecule has 0 aliphatic carbocycles. The molecule has 10 heteroatoms. The second-order valence-corrected chi connectivity index (χ2v) is 10.3. The van der Waals surface area contributed by atoms with Crippen molar-refractivity contribution in [3.8, 4) is 17.2 Å². The standard InChI is InChI=1S/C36H31NO9/c1-24-34(45-27-15-9-4-10-16-27)33(39)29-18-17-28(21-31(29)44-24)46-35(40)30(37-36(41)43-23-26-13-7-3-8-14-26)19-20-32(38)42-22-25-11-5-2-6-12-25/h2-18,21,30H,19-20,22-23H2,1H3,(H,37,41). The quantitative estimate of drug-likeness (QED) is 0.121. The van der Waals surface area contributed by atoms with Crippen LogP contribution in [-0.2, 0) is 32.3 Å². The highest BCUT2D eigenvalue weighted by molar-refractivity contribution is 5.85. The minimum absolute atomic E-state index is 0.0212. The Morgan fingerprint density at radius 2 is 1.37 bits per heavy atom. The minimum atomic E-state index is -1.25. The van der Waals surface area contributed by atoms with Crippen molar-refractivity contribution >= 4 is 29.0 Å². The van der Waals surface area contributed by atoms with Gasteiger partial charge in [-0.2, -0.15) is 0 Å². The Morgan fingerprint density at radius 1 is 0.761 bits per heavy atom. The van der Waals surface area contributed by atoms with Crippen molar-refractivity contribution in [2.75, 3.05) is 0 Å². The molecule has 5 rings (SSSR count). The lowest BCUT2D eigenvalue weighted by Crippen LogP contribution is -2.43. The van der Waals surface area contributed by atoms with Gasteiger partial charge in [-0.1, -0.05) is 78.9 Å². The summed E-state index contributed by atoms with van der Waals surface area (Å²) in [5.74, 6) is -0.589. The lowest BCUT2D eigenvalue weighted by molar-refractivity contribution is -0.145. The summed E-state index contributed by atoms with van der Waals surface area (Å²) in [6, 6.07) is 30.1. The number of hydrogen-bond acceptors (Lipinski definition) is 9. The van der Waals surface area contributed by atoms with Crippen molar-refractivity contribution in [2.24, 2.45) is 0 Å². The molecular formula is C36H31NO9. The van der Waals surface area contributed by atoms with E-state index in [0.717, 1.165) is 11.1 Å². The monoisotopic (exact) mass is 621 g/mol. The van der Waals surface area contributed by atoms with Gasteiger partial charge in [0.15, 0.2) is 0 Å². The van der Waals surface area contributed by atoms with E-state index in [-0.39, 0.29) is 54.3 Å². The fourth-order valence-corrected chi connectivity index (χ4v) is 4.47. The van der Waals surface area contributed by atoms with Crippen molar-refractivity contribution in [1.29, 1.82) is 0 Å². The number of rotatable bonds is 12. The molecule has 0 bridgehead atoms. The Morgan fingerprint density at radius 3 is 2.02 bits per heavy atom. The Hall–Kier alpha value is -5.90. The summed E-state index contributed by atoms with van der Waals surface area (Å²) < 4.78 is 27.8. The molecule has 1 aromatic heterocycles. The van der Waals surface area contributed by atoms with Gasteiger partial charge in [-0.3, -0.25) is 9.59 Å². The molecule has 0 aliphatic heterocycles. The van der Waals surface area contributed by atoms with Gasteiger partial charge in [-0.05, 0) is 48.7 Å². The van der Waals surface area contributed by atoms with Crippen LogP contribution in [0.4, 0.5) is 4.79 Å². The molecule has 5 aromatic rings. The number of aryl methyl sites for hydroxylation is 1. The summed E-state index contributed by atoms with van der Waals surface area (Å²) >= 11 is 0. The third-order valence-electron chi connectivity index (χ3n) is 6.84. The van der Waals surface area contributed by atoms with E-state index in [1.54, 1.807) is 43.3 Å². The lowest BCUT2D eigenvalue weighted by Gasteiger charge is -2.17. The highest BCUT2D eigenvalue weighted by Crippen LogP contribution is 2.27. The normalized spacial score (nSPS) is 11.3. The minimum Gasteiger partial charge on any atom is -0.461 e.